The van der Waals surface area contributed by atoms with Gasteiger partial charge in [-0.3, -0.25) is 4.79 Å². The standard InChI is InChI=1S/C20H23NO4/c1-20(2,15-8-9-17-18(14-15)25-13-12-24-17)21-19(22)10-11-23-16-6-4-3-5-7-16/h3-9,14H,10-13H2,1-2H3,(H,21,22). The molecule has 5 heteroatoms. The smallest absolute Gasteiger partial charge is 0.224 e. The number of nitrogens with one attached hydrogen (secondary N) is 1. The Morgan fingerprint density at radius 1 is 1.08 bits per heavy atom. The minimum Gasteiger partial charge on any atom is -0.493 e. The minimum atomic E-state index is -0.514. The van der Waals surface area contributed by atoms with E-state index in [0.717, 1.165) is 22.8 Å². The van der Waals surface area contributed by atoms with Gasteiger partial charge < -0.3 is 19.5 Å². The van der Waals surface area contributed by atoms with Crippen LogP contribution in [0.3, 0.4) is 0 Å². The van der Waals surface area contributed by atoms with Gasteiger partial charge in [0.25, 0.3) is 0 Å². The number of rotatable bonds is 6. The summed E-state index contributed by atoms with van der Waals surface area (Å²) in [6, 6.07) is 15.2. The van der Waals surface area contributed by atoms with Gasteiger partial charge in [-0.25, -0.2) is 0 Å². The molecule has 0 atom stereocenters. The highest BCUT2D eigenvalue weighted by atomic mass is 16.6. The molecule has 0 saturated heterocycles. The van der Waals surface area contributed by atoms with E-state index >= 15 is 0 Å². The van der Waals surface area contributed by atoms with Crippen molar-refractivity contribution >= 4 is 5.91 Å². The maximum absolute atomic E-state index is 12.3. The number of amides is 1. The molecule has 0 saturated carbocycles. The van der Waals surface area contributed by atoms with Crippen molar-refractivity contribution in [1.29, 1.82) is 0 Å². The summed E-state index contributed by atoms with van der Waals surface area (Å²) in [6.07, 6.45) is 0.295. The molecule has 1 aliphatic rings. The number of carbonyl (C=O) groups is 1. The van der Waals surface area contributed by atoms with Crippen molar-refractivity contribution in [3.05, 3.63) is 54.1 Å². The number of hydrogen-bond donors (Lipinski definition) is 1. The van der Waals surface area contributed by atoms with Gasteiger partial charge in [0.2, 0.25) is 5.91 Å². The molecule has 2 aromatic rings. The van der Waals surface area contributed by atoms with E-state index in [2.05, 4.69) is 5.32 Å². The second kappa shape index (κ2) is 7.47. The molecule has 0 spiro atoms. The minimum absolute atomic E-state index is 0.0594. The molecule has 0 bridgehead atoms. The number of ether oxygens (including phenoxy) is 3. The van der Waals surface area contributed by atoms with Crippen LogP contribution in [0.2, 0.25) is 0 Å². The predicted octanol–water partition coefficient (Wildman–Crippen LogP) is 3.28. The molecule has 0 radical (unpaired) electrons. The van der Waals surface area contributed by atoms with Crippen molar-refractivity contribution in [3.8, 4) is 17.2 Å². The van der Waals surface area contributed by atoms with Crippen LogP contribution in [0.4, 0.5) is 0 Å². The number of hydrogen-bond acceptors (Lipinski definition) is 4. The van der Waals surface area contributed by atoms with Crippen LogP contribution in [0.5, 0.6) is 17.2 Å². The topological polar surface area (TPSA) is 56.8 Å². The Balaban J connectivity index is 1.56. The first-order valence-electron chi connectivity index (χ1n) is 8.43. The largest absolute Gasteiger partial charge is 0.493 e. The summed E-state index contributed by atoms with van der Waals surface area (Å²) in [5, 5.41) is 3.05. The Kier molecular flexibility index (Phi) is 5.12. The van der Waals surface area contributed by atoms with Crippen molar-refractivity contribution < 1.29 is 19.0 Å². The van der Waals surface area contributed by atoms with E-state index in [1.54, 1.807) is 0 Å². The van der Waals surface area contributed by atoms with Crippen LogP contribution in [0.25, 0.3) is 0 Å². The average Bonchev–Trinajstić information content (AvgIpc) is 2.62. The van der Waals surface area contributed by atoms with Gasteiger partial charge in [-0.1, -0.05) is 24.3 Å². The molecule has 5 nitrogen and oxygen atoms in total. The molecular formula is C20H23NO4. The van der Waals surface area contributed by atoms with Gasteiger partial charge in [-0.15, -0.1) is 0 Å². The maximum Gasteiger partial charge on any atom is 0.224 e. The molecule has 1 N–H and O–H groups in total. The predicted molar refractivity (Wildman–Crippen MR) is 95.2 cm³/mol. The van der Waals surface area contributed by atoms with Crippen LogP contribution in [0, 0.1) is 0 Å². The third-order valence-electron chi connectivity index (χ3n) is 4.06. The summed E-state index contributed by atoms with van der Waals surface area (Å²) < 4.78 is 16.7. The molecule has 1 amide bonds. The van der Waals surface area contributed by atoms with Crippen molar-refractivity contribution in [2.24, 2.45) is 0 Å². The summed E-state index contributed by atoms with van der Waals surface area (Å²) >= 11 is 0. The number of benzene rings is 2. The lowest BCUT2D eigenvalue weighted by atomic mass is 9.93. The third kappa shape index (κ3) is 4.44. The Morgan fingerprint density at radius 3 is 2.56 bits per heavy atom. The second-order valence-electron chi connectivity index (χ2n) is 6.44. The summed E-state index contributed by atoms with van der Waals surface area (Å²) in [7, 11) is 0. The summed E-state index contributed by atoms with van der Waals surface area (Å²) in [5.74, 6) is 2.17. The summed E-state index contributed by atoms with van der Waals surface area (Å²) in [5.41, 5.74) is 0.453. The molecule has 25 heavy (non-hydrogen) atoms. The van der Waals surface area contributed by atoms with Crippen molar-refractivity contribution in [2.45, 2.75) is 25.8 Å². The molecule has 0 fully saturated rings. The lowest BCUT2D eigenvalue weighted by Gasteiger charge is -2.28. The Morgan fingerprint density at radius 2 is 1.80 bits per heavy atom. The first kappa shape index (κ1) is 17.1. The van der Waals surface area contributed by atoms with Gasteiger partial charge in [0.1, 0.15) is 19.0 Å². The maximum atomic E-state index is 12.3. The molecule has 1 heterocycles. The van der Waals surface area contributed by atoms with Crippen molar-refractivity contribution in [2.75, 3.05) is 19.8 Å². The van der Waals surface area contributed by atoms with E-state index in [1.165, 1.54) is 0 Å². The van der Waals surface area contributed by atoms with Crippen LogP contribution in [0.15, 0.2) is 48.5 Å². The molecule has 2 aromatic carbocycles. The van der Waals surface area contributed by atoms with Crippen molar-refractivity contribution in [1.82, 2.24) is 5.32 Å². The number of carbonyl (C=O) groups excluding carboxylic acids is 1. The zero-order valence-electron chi connectivity index (χ0n) is 14.6. The molecule has 0 unspecified atom stereocenters. The van der Waals surface area contributed by atoms with E-state index in [1.807, 2.05) is 62.4 Å². The normalized spacial score (nSPS) is 13.2. The molecule has 1 aliphatic heterocycles. The second-order valence-corrected chi connectivity index (χ2v) is 6.44. The number of fused-ring (bicyclic) bond motifs is 1. The van der Waals surface area contributed by atoms with Gasteiger partial charge in [-0.05, 0) is 43.7 Å². The molecular weight excluding hydrogens is 318 g/mol. The van der Waals surface area contributed by atoms with Crippen molar-refractivity contribution in [3.63, 3.8) is 0 Å². The van der Waals surface area contributed by atoms with Crippen LogP contribution in [-0.4, -0.2) is 25.7 Å². The lowest BCUT2D eigenvalue weighted by Crippen LogP contribution is -2.41. The Bertz CT molecular complexity index is 728. The number of para-hydroxylation sites is 1. The van der Waals surface area contributed by atoms with E-state index in [0.29, 0.717) is 26.2 Å². The molecule has 132 valence electrons. The van der Waals surface area contributed by atoms with Crippen LogP contribution < -0.4 is 19.5 Å². The van der Waals surface area contributed by atoms with Gasteiger partial charge in [0.05, 0.1) is 18.6 Å². The zero-order valence-corrected chi connectivity index (χ0v) is 14.6. The fraction of sp³-hybridized carbons (Fsp3) is 0.350. The van der Waals surface area contributed by atoms with Crippen LogP contribution >= 0.6 is 0 Å². The van der Waals surface area contributed by atoms with Crippen LogP contribution in [-0.2, 0) is 10.3 Å². The molecule has 0 aromatic heterocycles. The van der Waals surface area contributed by atoms with Gasteiger partial charge in [0, 0.05) is 0 Å². The Hall–Kier alpha value is -2.69. The quantitative estimate of drug-likeness (QED) is 0.876. The highest BCUT2D eigenvalue weighted by molar-refractivity contribution is 5.77. The highest BCUT2D eigenvalue weighted by Crippen LogP contribution is 2.34. The van der Waals surface area contributed by atoms with Gasteiger partial charge in [0.15, 0.2) is 11.5 Å². The van der Waals surface area contributed by atoms with Crippen LogP contribution in [0.1, 0.15) is 25.8 Å². The summed E-state index contributed by atoms with van der Waals surface area (Å²) in [4.78, 5) is 12.3. The lowest BCUT2D eigenvalue weighted by molar-refractivity contribution is -0.123. The third-order valence-corrected chi connectivity index (χ3v) is 4.06. The van der Waals surface area contributed by atoms with Gasteiger partial charge >= 0.3 is 0 Å². The van der Waals surface area contributed by atoms with E-state index in [-0.39, 0.29) is 5.91 Å². The van der Waals surface area contributed by atoms with E-state index < -0.39 is 5.54 Å². The van der Waals surface area contributed by atoms with Gasteiger partial charge in [-0.2, -0.15) is 0 Å². The fourth-order valence-electron chi connectivity index (χ4n) is 2.69. The zero-order chi connectivity index (χ0) is 17.7. The monoisotopic (exact) mass is 341 g/mol. The average molecular weight is 341 g/mol. The summed E-state index contributed by atoms with van der Waals surface area (Å²) in [6.45, 7) is 5.38. The van der Waals surface area contributed by atoms with E-state index in [4.69, 9.17) is 14.2 Å². The van der Waals surface area contributed by atoms with E-state index in [9.17, 15) is 4.79 Å². The Labute approximate surface area is 147 Å². The highest BCUT2D eigenvalue weighted by Gasteiger charge is 2.25. The molecule has 0 aliphatic carbocycles. The first-order valence-corrected chi connectivity index (χ1v) is 8.43. The SMILES string of the molecule is CC(C)(NC(=O)CCOc1ccccc1)c1ccc2c(c1)OCCO2. The molecule has 3 rings (SSSR count). The first-order chi connectivity index (χ1) is 12.0. The fourth-order valence-corrected chi connectivity index (χ4v) is 2.69.